The zero-order valence-corrected chi connectivity index (χ0v) is 12.7. The summed E-state index contributed by atoms with van der Waals surface area (Å²) >= 11 is 3.38. The molecule has 2 aromatic rings. The maximum absolute atomic E-state index is 13.6. The molecule has 2 aromatic carbocycles. The van der Waals surface area contributed by atoms with Gasteiger partial charge in [-0.1, -0.05) is 12.1 Å². The summed E-state index contributed by atoms with van der Waals surface area (Å²) in [5.41, 5.74) is 1.06. The van der Waals surface area contributed by atoms with Crippen LogP contribution in [0, 0.1) is 11.6 Å². The molecule has 106 valence electrons. The van der Waals surface area contributed by atoms with Gasteiger partial charge >= 0.3 is 0 Å². The van der Waals surface area contributed by atoms with E-state index in [9.17, 15) is 8.78 Å². The summed E-state index contributed by atoms with van der Waals surface area (Å²) in [6.45, 7) is 2.02. The molecule has 1 atom stereocenters. The third kappa shape index (κ3) is 3.16. The van der Waals surface area contributed by atoms with E-state index in [1.54, 1.807) is 6.07 Å². The molecule has 20 heavy (non-hydrogen) atoms. The molecule has 0 saturated carbocycles. The molecule has 0 heterocycles. The highest BCUT2D eigenvalue weighted by molar-refractivity contribution is 9.10. The second-order valence-corrected chi connectivity index (χ2v) is 5.21. The monoisotopic (exact) mass is 341 g/mol. The third-order valence-electron chi connectivity index (χ3n) is 3.03. The number of rotatable bonds is 4. The lowest BCUT2D eigenvalue weighted by atomic mass is 10.1. The minimum absolute atomic E-state index is 0.139. The van der Waals surface area contributed by atoms with Crippen LogP contribution >= 0.6 is 15.9 Å². The fourth-order valence-electron chi connectivity index (χ4n) is 1.72. The number of hydrogen-bond donors (Lipinski definition) is 1. The molecule has 0 radical (unpaired) electrons. The van der Waals surface area contributed by atoms with Gasteiger partial charge in [0, 0.05) is 6.04 Å². The van der Waals surface area contributed by atoms with E-state index in [4.69, 9.17) is 4.74 Å². The van der Waals surface area contributed by atoms with Crippen LogP contribution in [-0.4, -0.2) is 7.05 Å². The van der Waals surface area contributed by atoms with E-state index >= 15 is 0 Å². The molecule has 0 aliphatic rings. The van der Waals surface area contributed by atoms with Gasteiger partial charge in [-0.3, -0.25) is 0 Å². The second-order valence-electron chi connectivity index (χ2n) is 4.35. The van der Waals surface area contributed by atoms with Crippen molar-refractivity contribution >= 4 is 15.9 Å². The Kier molecular flexibility index (Phi) is 4.73. The Balaban J connectivity index is 2.28. The first-order chi connectivity index (χ1) is 9.52. The summed E-state index contributed by atoms with van der Waals surface area (Å²) in [5.74, 6) is -1.63. The van der Waals surface area contributed by atoms with E-state index in [1.807, 2.05) is 26.1 Å². The Morgan fingerprint density at radius 3 is 2.55 bits per heavy atom. The Labute approximate surface area is 124 Å². The molecule has 2 rings (SSSR count). The average molecular weight is 342 g/mol. The van der Waals surface area contributed by atoms with Crippen LogP contribution in [0.15, 0.2) is 40.9 Å². The van der Waals surface area contributed by atoms with E-state index in [0.29, 0.717) is 10.2 Å². The average Bonchev–Trinajstić information content (AvgIpc) is 2.45. The zero-order valence-electron chi connectivity index (χ0n) is 11.1. The van der Waals surface area contributed by atoms with Crippen molar-refractivity contribution in [1.82, 2.24) is 5.32 Å². The Morgan fingerprint density at radius 1 is 1.15 bits per heavy atom. The first-order valence-corrected chi connectivity index (χ1v) is 6.90. The Bertz CT molecular complexity index is 619. The van der Waals surface area contributed by atoms with Crippen molar-refractivity contribution < 1.29 is 13.5 Å². The molecule has 0 aliphatic carbocycles. The van der Waals surface area contributed by atoms with Crippen molar-refractivity contribution in [3.63, 3.8) is 0 Å². The quantitative estimate of drug-likeness (QED) is 0.862. The van der Waals surface area contributed by atoms with Gasteiger partial charge in [0.1, 0.15) is 5.75 Å². The van der Waals surface area contributed by atoms with E-state index in [0.717, 1.165) is 11.6 Å². The molecule has 1 N–H and O–H groups in total. The molecule has 1 unspecified atom stereocenters. The minimum atomic E-state index is -0.993. The minimum Gasteiger partial charge on any atom is -0.453 e. The predicted octanol–water partition coefficient (Wildman–Crippen LogP) is 4.80. The van der Waals surface area contributed by atoms with Crippen LogP contribution in [0.5, 0.6) is 11.5 Å². The standard InChI is InChI=1S/C15H14BrF2NO/c1-9(19-2)10-6-7-13(11(16)8-10)20-14-5-3-4-12(17)15(14)18/h3-9,19H,1-2H3. The summed E-state index contributed by atoms with van der Waals surface area (Å²) in [5, 5.41) is 3.12. The molecule has 0 aromatic heterocycles. The molecule has 0 fully saturated rings. The van der Waals surface area contributed by atoms with E-state index in [1.165, 1.54) is 12.1 Å². The van der Waals surface area contributed by atoms with Gasteiger partial charge < -0.3 is 10.1 Å². The van der Waals surface area contributed by atoms with Crippen LogP contribution in [0.25, 0.3) is 0 Å². The normalized spacial score (nSPS) is 12.2. The van der Waals surface area contributed by atoms with Gasteiger partial charge in [-0.25, -0.2) is 4.39 Å². The number of nitrogens with one attached hydrogen (secondary N) is 1. The molecular formula is C15H14BrF2NO. The van der Waals surface area contributed by atoms with Crippen molar-refractivity contribution in [3.8, 4) is 11.5 Å². The maximum Gasteiger partial charge on any atom is 0.201 e. The van der Waals surface area contributed by atoms with Crippen LogP contribution in [-0.2, 0) is 0 Å². The van der Waals surface area contributed by atoms with Gasteiger partial charge in [0.2, 0.25) is 5.82 Å². The van der Waals surface area contributed by atoms with Gasteiger partial charge in [-0.05, 0) is 59.7 Å². The first-order valence-electron chi connectivity index (χ1n) is 6.11. The highest BCUT2D eigenvalue weighted by Gasteiger charge is 2.12. The van der Waals surface area contributed by atoms with Gasteiger partial charge in [0.25, 0.3) is 0 Å². The lowest BCUT2D eigenvalue weighted by Crippen LogP contribution is -2.12. The topological polar surface area (TPSA) is 21.3 Å². The second kappa shape index (κ2) is 6.33. The van der Waals surface area contributed by atoms with Crippen LogP contribution in [0.3, 0.4) is 0 Å². The molecule has 2 nitrogen and oxygen atoms in total. The molecule has 0 amide bonds. The van der Waals surface area contributed by atoms with Gasteiger partial charge in [-0.2, -0.15) is 4.39 Å². The van der Waals surface area contributed by atoms with Gasteiger partial charge in [-0.15, -0.1) is 0 Å². The summed E-state index contributed by atoms with van der Waals surface area (Å²) < 4.78 is 32.8. The Morgan fingerprint density at radius 2 is 1.90 bits per heavy atom. The van der Waals surface area contributed by atoms with Crippen molar-refractivity contribution in [3.05, 3.63) is 58.1 Å². The number of benzene rings is 2. The molecule has 5 heteroatoms. The smallest absolute Gasteiger partial charge is 0.201 e. The SMILES string of the molecule is CNC(C)c1ccc(Oc2cccc(F)c2F)c(Br)c1. The van der Waals surface area contributed by atoms with E-state index in [2.05, 4.69) is 21.2 Å². The largest absolute Gasteiger partial charge is 0.453 e. The highest BCUT2D eigenvalue weighted by atomic mass is 79.9. The first kappa shape index (κ1) is 14.9. The van der Waals surface area contributed by atoms with Crippen LogP contribution < -0.4 is 10.1 Å². The summed E-state index contributed by atoms with van der Waals surface area (Å²) in [6, 6.07) is 9.50. The molecule has 0 saturated heterocycles. The van der Waals surface area contributed by atoms with Crippen molar-refractivity contribution in [1.29, 1.82) is 0 Å². The van der Waals surface area contributed by atoms with Crippen molar-refractivity contribution in [2.45, 2.75) is 13.0 Å². The van der Waals surface area contributed by atoms with Crippen molar-refractivity contribution in [2.24, 2.45) is 0 Å². The number of hydrogen-bond acceptors (Lipinski definition) is 2. The fraction of sp³-hybridized carbons (Fsp3) is 0.200. The van der Waals surface area contributed by atoms with Crippen molar-refractivity contribution in [2.75, 3.05) is 7.05 Å². The number of halogens is 3. The zero-order chi connectivity index (χ0) is 14.7. The fourth-order valence-corrected chi connectivity index (χ4v) is 2.19. The maximum atomic E-state index is 13.6. The third-order valence-corrected chi connectivity index (χ3v) is 3.64. The van der Waals surface area contributed by atoms with Crippen LogP contribution in [0.1, 0.15) is 18.5 Å². The molecule has 0 bridgehead atoms. The lowest BCUT2D eigenvalue weighted by molar-refractivity contribution is 0.414. The van der Waals surface area contributed by atoms with E-state index in [-0.39, 0.29) is 11.8 Å². The summed E-state index contributed by atoms with van der Waals surface area (Å²) in [7, 11) is 1.87. The number of ether oxygens (including phenoxy) is 1. The Hall–Kier alpha value is -1.46. The summed E-state index contributed by atoms with van der Waals surface area (Å²) in [4.78, 5) is 0. The predicted molar refractivity (Wildman–Crippen MR) is 78.0 cm³/mol. The van der Waals surface area contributed by atoms with Crippen LogP contribution in [0.2, 0.25) is 0 Å². The molecular weight excluding hydrogens is 328 g/mol. The molecule has 0 spiro atoms. The van der Waals surface area contributed by atoms with E-state index < -0.39 is 11.6 Å². The van der Waals surface area contributed by atoms with Crippen LogP contribution in [0.4, 0.5) is 8.78 Å². The van der Waals surface area contributed by atoms with Gasteiger partial charge in [0.15, 0.2) is 11.6 Å². The molecule has 0 aliphatic heterocycles. The lowest BCUT2D eigenvalue weighted by Gasteiger charge is -2.14. The summed E-state index contributed by atoms with van der Waals surface area (Å²) in [6.07, 6.45) is 0. The van der Waals surface area contributed by atoms with Gasteiger partial charge in [0.05, 0.1) is 4.47 Å². The highest BCUT2D eigenvalue weighted by Crippen LogP contribution is 2.33.